The molecule has 2 aliphatic rings. The third-order valence-corrected chi connectivity index (χ3v) is 7.09. The molecule has 0 N–H and O–H groups in total. The second kappa shape index (κ2) is 9.05. The fraction of sp³-hybridized carbons (Fsp3) is 0.375. The second-order valence-electron chi connectivity index (χ2n) is 8.30. The van der Waals surface area contributed by atoms with Gasteiger partial charge in [-0.1, -0.05) is 54.6 Å². The Hall–Kier alpha value is -2.08. The lowest BCUT2D eigenvalue weighted by atomic mass is 10.0. The van der Waals surface area contributed by atoms with E-state index in [1.165, 1.54) is 12.8 Å². The van der Waals surface area contributed by atoms with Crippen LogP contribution in [0.15, 0.2) is 51.9 Å². The molecule has 8 heteroatoms. The van der Waals surface area contributed by atoms with Crippen molar-refractivity contribution in [2.24, 2.45) is 4.99 Å². The maximum absolute atomic E-state index is 6.60. The Labute approximate surface area is 202 Å². The molecule has 0 saturated heterocycles. The van der Waals surface area contributed by atoms with E-state index in [0.29, 0.717) is 26.9 Å². The Bertz CT molecular complexity index is 1140. The third kappa shape index (κ3) is 4.02. The van der Waals surface area contributed by atoms with Crippen LogP contribution >= 0.6 is 34.8 Å². The molecular formula is C24H23Cl3N4O. The monoisotopic (exact) mass is 488 g/mol. The average Bonchev–Trinajstić information content (AvgIpc) is 3.53. The van der Waals surface area contributed by atoms with Crippen LogP contribution in [-0.4, -0.2) is 22.1 Å². The summed E-state index contributed by atoms with van der Waals surface area (Å²) in [4.78, 5) is 7.27. The summed E-state index contributed by atoms with van der Waals surface area (Å²) in [6.07, 6.45) is 5.47. The molecule has 1 aliphatic carbocycles. The van der Waals surface area contributed by atoms with E-state index in [9.17, 15) is 0 Å². The van der Waals surface area contributed by atoms with E-state index in [1.807, 2.05) is 36.4 Å². The van der Waals surface area contributed by atoms with Crippen LogP contribution < -0.4 is 4.90 Å². The Kier molecular flexibility index (Phi) is 6.15. The molecule has 0 spiro atoms. The van der Waals surface area contributed by atoms with Crippen molar-refractivity contribution in [3.8, 4) is 0 Å². The Balaban J connectivity index is 1.59. The molecule has 2 heterocycles. The summed E-state index contributed by atoms with van der Waals surface area (Å²) >= 11 is 18.9. The van der Waals surface area contributed by atoms with Crippen molar-refractivity contribution in [3.05, 3.63) is 74.9 Å². The van der Waals surface area contributed by atoms with Gasteiger partial charge in [0, 0.05) is 27.2 Å². The number of benzene rings is 2. The molecule has 0 radical (unpaired) electrons. The number of halogens is 3. The molecule has 1 fully saturated rings. The lowest BCUT2D eigenvalue weighted by molar-refractivity contribution is 0.376. The van der Waals surface area contributed by atoms with Gasteiger partial charge in [-0.3, -0.25) is 4.99 Å². The smallest absolute Gasteiger partial charge is 0.243 e. The van der Waals surface area contributed by atoms with Crippen LogP contribution in [0.2, 0.25) is 15.1 Å². The first kappa shape index (κ1) is 21.7. The van der Waals surface area contributed by atoms with Gasteiger partial charge in [0.1, 0.15) is 5.84 Å². The predicted octanol–water partition coefficient (Wildman–Crippen LogP) is 7.47. The largest absolute Gasteiger partial charge is 0.423 e. The molecule has 32 heavy (non-hydrogen) atoms. The Morgan fingerprint density at radius 2 is 1.62 bits per heavy atom. The maximum Gasteiger partial charge on any atom is 0.243 e. The Morgan fingerprint density at radius 3 is 2.31 bits per heavy atom. The second-order valence-corrected chi connectivity index (χ2v) is 9.58. The number of aliphatic imine (C=N–C) groups is 1. The van der Waals surface area contributed by atoms with Crippen LogP contribution in [-0.2, 0) is 0 Å². The molecular weight excluding hydrogens is 467 g/mol. The number of anilines is 1. The van der Waals surface area contributed by atoms with E-state index in [2.05, 4.69) is 22.0 Å². The van der Waals surface area contributed by atoms with E-state index in [0.717, 1.165) is 42.2 Å². The highest BCUT2D eigenvalue weighted by Crippen LogP contribution is 2.41. The van der Waals surface area contributed by atoms with Crippen molar-refractivity contribution < 1.29 is 4.42 Å². The number of amidine groups is 1. The van der Waals surface area contributed by atoms with Crippen molar-refractivity contribution in [2.75, 3.05) is 4.90 Å². The van der Waals surface area contributed by atoms with Gasteiger partial charge in [-0.05, 0) is 61.7 Å². The van der Waals surface area contributed by atoms with E-state index in [4.69, 9.17) is 44.2 Å². The maximum atomic E-state index is 6.60. The van der Waals surface area contributed by atoms with Gasteiger partial charge in [0.2, 0.25) is 11.8 Å². The molecule has 1 saturated carbocycles. The molecule has 5 rings (SSSR count). The lowest BCUT2D eigenvalue weighted by Crippen LogP contribution is -2.37. The SMILES string of the molecule is CCC1C(c2nnc(C3CCCC3)o2)N=C(c2ccc(Cl)cc2Cl)N1c1ccc(Cl)cc1. The molecule has 2 atom stereocenters. The number of hydrogen-bond acceptors (Lipinski definition) is 5. The molecule has 2 aromatic carbocycles. The average molecular weight is 490 g/mol. The summed E-state index contributed by atoms with van der Waals surface area (Å²) < 4.78 is 6.19. The zero-order valence-electron chi connectivity index (χ0n) is 17.6. The third-order valence-electron chi connectivity index (χ3n) is 6.29. The molecule has 166 valence electrons. The number of rotatable bonds is 5. The summed E-state index contributed by atoms with van der Waals surface area (Å²) in [7, 11) is 0. The highest BCUT2D eigenvalue weighted by atomic mass is 35.5. The van der Waals surface area contributed by atoms with Gasteiger partial charge in [-0.15, -0.1) is 10.2 Å². The molecule has 1 aliphatic heterocycles. The minimum atomic E-state index is -0.292. The highest BCUT2D eigenvalue weighted by Gasteiger charge is 2.41. The van der Waals surface area contributed by atoms with Crippen LogP contribution in [0.3, 0.4) is 0 Å². The quantitative estimate of drug-likeness (QED) is 0.373. The topological polar surface area (TPSA) is 54.5 Å². The van der Waals surface area contributed by atoms with Crippen molar-refractivity contribution in [3.63, 3.8) is 0 Å². The van der Waals surface area contributed by atoms with Crippen molar-refractivity contribution in [1.29, 1.82) is 0 Å². The first-order chi connectivity index (χ1) is 15.5. The van der Waals surface area contributed by atoms with Crippen LogP contribution in [0, 0.1) is 0 Å². The zero-order valence-corrected chi connectivity index (χ0v) is 19.9. The van der Waals surface area contributed by atoms with Crippen molar-refractivity contribution >= 4 is 46.3 Å². The summed E-state index contributed by atoms with van der Waals surface area (Å²) in [6, 6.07) is 12.9. The first-order valence-electron chi connectivity index (χ1n) is 11.0. The van der Waals surface area contributed by atoms with Crippen molar-refractivity contribution in [2.45, 2.75) is 57.0 Å². The normalized spacial score (nSPS) is 21.4. The van der Waals surface area contributed by atoms with Crippen LogP contribution in [0.1, 0.15) is 68.3 Å². The minimum absolute atomic E-state index is 0.00482. The van der Waals surface area contributed by atoms with Gasteiger partial charge in [-0.2, -0.15) is 0 Å². The van der Waals surface area contributed by atoms with Crippen LogP contribution in [0.4, 0.5) is 5.69 Å². The summed E-state index contributed by atoms with van der Waals surface area (Å²) in [5.41, 5.74) is 1.78. The highest BCUT2D eigenvalue weighted by molar-refractivity contribution is 6.37. The Morgan fingerprint density at radius 1 is 0.938 bits per heavy atom. The van der Waals surface area contributed by atoms with Crippen molar-refractivity contribution in [1.82, 2.24) is 10.2 Å². The van der Waals surface area contributed by atoms with Gasteiger partial charge in [0.05, 0.1) is 11.1 Å². The van der Waals surface area contributed by atoms with Gasteiger partial charge in [0.25, 0.3) is 0 Å². The summed E-state index contributed by atoms with van der Waals surface area (Å²) in [5, 5.41) is 10.6. The standard InChI is InChI=1S/C24H23Cl3N4O/c1-2-20-21(24-30-29-23(32-24)14-5-3-4-6-14)28-22(18-12-9-16(26)13-19(18)27)31(20)17-10-7-15(25)8-11-17/h7-14,20-21H,2-6H2,1H3. The number of hydrogen-bond donors (Lipinski definition) is 0. The van der Waals surface area contributed by atoms with Crippen LogP contribution in [0.5, 0.6) is 0 Å². The van der Waals surface area contributed by atoms with Gasteiger partial charge in [-0.25, -0.2) is 0 Å². The van der Waals surface area contributed by atoms with E-state index in [1.54, 1.807) is 6.07 Å². The fourth-order valence-corrected chi connectivity index (χ4v) is 5.31. The lowest BCUT2D eigenvalue weighted by Gasteiger charge is -2.29. The van der Waals surface area contributed by atoms with Crippen LogP contribution in [0.25, 0.3) is 0 Å². The van der Waals surface area contributed by atoms with Gasteiger partial charge in [0.15, 0.2) is 6.04 Å². The zero-order chi connectivity index (χ0) is 22.2. The fourth-order valence-electron chi connectivity index (χ4n) is 4.69. The molecule has 5 nitrogen and oxygen atoms in total. The van der Waals surface area contributed by atoms with E-state index >= 15 is 0 Å². The predicted molar refractivity (Wildman–Crippen MR) is 129 cm³/mol. The molecule has 0 amide bonds. The molecule has 2 unspecified atom stereocenters. The number of nitrogens with zero attached hydrogens (tertiary/aromatic N) is 4. The molecule has 3 aromatic rings. The van der Waals surface area contributed by atoms with Gasteiger partial charge >= 0.3 is 0 Å². The molecule has 1 aromatic heterocycles. The van der Waals surface area contributed by atoms with E-state index < -0.39 is 0 Å². The minimum Gasteiger partial charge on any atom is -0.423 e. The van der Waals surface area contributed by atoms with Gasteiger partial charge < -0.3 is 9.32 Å². The number of aromatic nitrogens is 2. The molecule has 0 bridgehead atoms. The first-order valence-corrected chi connectivity index (χ1v) is 12.1. The summed E-state index contributed by atoms with van der Waals surface area (Å²) in [6.45, 7) is 2.14. The van der Waals surface area contributed by atoms with E-state index in [-0.39, 0.29) is 12.1 Å². The summed E-state index contributed by atoms with van der Waals surface area (Å²) in [5.74, 6) is 2.40.